The Morgan fingerprint density at radius 2 is 2.22 bits per heavy atom. The molecule has 0 aliphatic rings. The second-order valence-corrected chi connectivity index (χ2v) is 6.39. The minimum atomic E-state index is 0.421. The molecule has 1 rings (SSSR count). The summed E-state index contributed by atoms with van der Waals surface area (Å²) in [6, 6.07) is 6.90. The first-order chi connectivity index (χ1) is 8.69. The van der Waals surface area contributed by atoms with Crippen molar-refractivity contribution in [3.05, 3.63) is 31.8 Å². The van der Waals surface area contributed by atoms with Crippen LogP contribution in [0.1, 0.15) is 37.8 Å². The lowest BCUT2D eigenvalue weighted by Crippen LogP contribution is -2.23. The van der Waals surface area contributed by atoms with Crippen LogP contribution >= 0.6 is 38.5 Å². The van der Waals surface area contributed by atoms with E-state index in [1.165, 1.54) is 9.13 Å². The van der Waals surface area contributed by atoms with E-state index in [-0.39, 0.29) is 0 Å². The molecule has 0 heterocycles. The lowest BCUT2D eigenvalue weighted by atomic mass is 10.0. The quantitative estimate of drug-likeness (QED) is 0.488. The molecule has 0 saturated heterocycles. The molecule has 4 heteroatoms. The van der Waals surface area contributed by atoms with Crippen molar-refractivity contribution in [2.75, 3.05) is 20.3 Å². The third-order valence-electron chi connectivity index (χ3n) is 2.82. The van der Waals surface area contributed by atoms with E-state index < -0.39 is 0 Å². The van der Waals surface area contributed by atoms with Crippen LogP contribution < -0.4 is 5.32 Å². The Bertz CT molecular complexity index is 360. The van der Waals surface area contributed by atoms with Gasteiger partial charge in [0, 0.05) is 27.8 Å². The topological polar surface area (TPSA) is 21.3 Å². The fourth-order valence-electron chi connectivity index (χ4n) is 1.90. The Balaban J connectivity index is 2.75. The van der Waals surface area contributed by atoms with E-state index in [0.29, 0.717) is 6.04 Å². The van der Waals surface area contributed by atoms with Gasteiger partial charge < -0.3 is 10.1 Å². The van der Waals surface area contributed by atoms with Crippen LogP contribution in [0.25, 0.3) is 0 Å². The fourth-order valence-corrected chi connectivity index (χ4v) is 2.99. The predicted molar refractivity (Wildman–Crippen MR) is 89.0 cm³/mol. The van der Waals surface area contributed by atoms with E-state index in [2.05, 4.69) is 69.0 Å². The third kappa shape index (κ3) is 5.55. The molecule has 0 amide bonds. The number of nitrogens with one attached hydrogen (secondary N) is 1. The van der Waals surface area contributed by atoms with Crippen LogP contribution in [0.5, 0.6) is 0 Å². The molecule has 102 valence electrons. The van der Waals surface area contributed by atoms with Crippen LogP contribution in [0.15, 0.2) is 22.7 Å². The smallest absolute Gasteiger partial charge is 0.0462 e. The largest absolute Gasteiger partial charge is 0.385 e. The van der Waals surface area contributed by atoms with E-state index in [4.69, 9.17) is 4.74 Å². The Morgan fingerprint density at radius 3 is 2.89 bits per heavy atom. The molecule has 1 unspecified atom stereocenters. The summed E-state index contributed by atoms with van der Waals surface area (Å²) in [4.78, 5) is 0. The zero-order chi connectivity index (χ0) is 13.4. The van der Waals surface area contributed by atoms with Crippen molar-refractivity contribution in [1.29, 1.82) is 0 Å². The van der Waals surface area contributed by atoms with Crippen molar-refractivity contribution in [3.63, 3.8) is 0 Å². The highest BCUT2D eigenvalue weighted by atomic mass is 127. The molecule has 0 spiro atoms. The van der Waals surface area contributed by atoms with Gasteiger partial charge in [0.1, 0.15) is 0 Å². The Hall–Kier alpha value is 0.350. The van der Waals surface area contributed by atoms with Gasteiger partial charge in [0.15, 0.2) is 0 Å². The van der Waals surface area contributed by atoms with Crippen LogP contribution in [0.2, 0.25) is 0 Å². The summed E-state index contributed by atoms with van der Waals surface area (Å²) in [6.45, 7) is 4.08. The average molecular weight is 426 g/mol. The second kappa shape index (κ2) is 9.28. The molecule has 0 fully saturated rings. The molecule has 0 saturated carbocycles. The fraction of sp³-hybridized carbons (Fsp3) is 0.571. The van der Waals surface area contributed by atoms with Gasteiger partial charge >= 0.3 is 0 Å². The van der Waals surface area contributed by atoms with Gasteiger partial charge in [-0.3, -0.25) is 0 Å². The zero-order valence-corrected chi connectivity index (χ0v) is 14.8. The van der Waals surface area contributed by atoms with Crippen molar-refractivity contribution in [2.24, 2.45) is 0 Å². The van der Waals surface area contributed by atoms with Gasteiger partial charge in [0.05, 0.1) is 0 Å². The van der Waals surface area contributed by atoms with Crippen molar-refractivity contribution in [2.45, 2.75) is 32.2 Å². The highest BCUT2D eigenvalue weighted by molar-refractivity contribution is 14.1. The van der Waals surface area contributed by atoms with Gasteiger partial charge in [0.25, 0.3) is 0 Å². The van der Waals surface area contributed by atoms with E-state index in [1.54, 1.807) is 7.11 Å². The van der Waals surface area contributed by atoms with Crippen molar-refractivity contribution in [3.8, 4) is 0 Å². The van der Waals surface area contributed by atoms with E-state index in [0.717, 1.165) is 36.9 Å². The molecule has 0 aromatic heterocycles. The monoisotopic (exact) mass is 425 g/mol. The SMILES string of the molecule is CCCNC(CCCOC)c1cc(Br)ccc1I. The summed E-state index contributed by atoms with van der Waals surface area (Å²) in [5.41, 5.74) is 1.38. The van der Waals surface area contributed by atoms with E-state index >= 15 is 0 Å². The highest BCUT2D eigenvalue weighted by Gasteiger charge is 2.13. The number of hydrogen-bond acceptors (Lipinski definition) is 2. The maximum atomic E-state index is 5.15. The maximum absolute atomic E-state index is 5.15. The summed E-state index contributed by atoms with van der Waals surface area (Å²) < 4.78 is 7.62. The number of halogens is 2. The second-order valence-electron chi connectivity index (χ2n) is 4.31. The van der Waals surface area contributed by atoms with Crippen molar-refractivity contribution >= 4 is 38.5 Å². The number of ether oxygens (including phenoxy) is 1. The molecule has 18 heavy (non-hydrogen) atoms. The summed E-state index contributed by atoms with van der Waals surface area (Å²) >= 11 is 5.97. The average Bonchev–Trinajstić information content (AvgIpc) is 2.37. The first-order valence-electron chi connectivity index (χ1n) is 6.36. The Labute approximate surface area is 132 Å². The third-order valence-corrected chi connectivity index (χ3v) is 4.29. The zero-order valence-electron chi connectivity index (χ0n) is 11.0. The van der Waals surface area contributed by atoms with E-state index in [9.17, 15) is 0 Å². The highest BCUT2D eigenvalue weighted by Crippen LogP contribution is 2.27. The van der Waals surface area contributed by atoms with Crippen LogP contribution in [0.4, 0.5) is 0 Å². The first kappa shape index (κ1) is 16.4. The lowest BCUT2D eigenvalue weighted by Gasteiger charge is -2.20. The van der Waals surface area contributed by atoms with Crippen LogP contribution in [0.3, 0.4) is 0 Å². The standard InChI is InChI=1S/C14H21BrINO/c1-3-8-17-14(5-4-9-18-2)12-10-11(15)6-7-13(12)16/h6-7,10,14,17H,3-5,8-9H2,1-2H3. The molecule has 1 N–H and O–H groups in total. The lowest BCUT2D eigenvalue weighted by molar-refractivity contribution is 0.188. The van der Waals surface area contributed by atoms with Gasteiger partial charge in [-0.15, -0.1) is 0 Å². The minimum Gasteiger partial charge on any atom is -0.385 e. The molecule has 0 bridgehead atoms. The molecule has 0 aliphatic carbocycles. The van der Waals surface area contributed by atoms with Crippen LogP contribution in [-0.4, -0.2) is 20.3 Å². The first-order valence-corrected chi connectivity index (χ1v) is 8.23. The molecule has 1 aromatic rings. The molecule has 0 aliphatic heterocycles. The number of hydrogen-bond donors (Lipinski definition) is 1. The number of rotatable bonds is 8. The molecular weight excluding hydrogens is 405 g/mol. The minimum absolute atomic E-state index is 0.421. The molecule has 2 nitrogen and oxygen atoms in total. The van der Waals surface area contributed by atoms with Gasteiger partial charge in [0.2, 0.25) is 0 Å². The Kier molecular flexibility index (Phi) is 8.46. The van der Waals surface area contributed by atoms with Crippen LogP contribution in [0, 0.1) is 3.57 Å². The van der Waals surface area contributed by atoms with Gasteiger partial charge in [-0.25, -0.2) is 0 Å². The molecule has 1 atom stereocenters. The molecular formula is C14H21BrINO. The maximum Gasteiger partial charge on any atom is 0.0462 e. The Morgan fingerprint density at radius 1 is 1.44 bits per heavy atom. The number of benzene rings is 1. The normalized spacial score (nSPS) is 12.7. The summed E-state index contributed by atoms with van der Waals surface area (Å²) in [7, 11) is 1.76. The van der Waals surface area contributed by atoms with Gasteiger partial charge in [-0.2, -0.15) is 0 Å². The predicted octanol–water partition coefficient (Wildman–Crippen LogP) is 4.52. The molecule has 0 radical (unpaired) electrons. The van der Waals surface area contributed by atoms with Crippen molar-refractivity contribution in [1.82, 2.24) is 5.32 Å². The van der Waals surface area contributed by atoms with Crippen molar-refractivity contribution < 1.29 is 4.74 Å². The molecule has 1 aromatic carbocycles. The summed E-state index contributed by atoms with van der Waals surface area (Å²) in [6.07, 6.45) is 3.35. The number of methoxy groups -OCH3 is 1. The van der Waals surface area contributed by atoms with Gasteiger partial charge in [-0.1, -0.05) is 22.9 Å². The summed E-state index contributed by atoms with van der Waals surface area (Å²) in [5.74, 6) is 0. The summed E-state index contributed by atoms with van der Waals surface area (Å²) in [5, 5.41) is 3.63. The van der Waals surface area contributed by atoms with E-state index in [1.807, 2.05) is 0 Å². The van der Waals surface area contributed by atoms with Gasteiger partial charge in [-0.05, 0) is 72.2 Å². The van der Waals surface area contributed by atoms with Crippen LogP contribution in [-0.2, 0) is 4.74 Å².